The second-order valence-electron chi connectivity index (χ2n) is 2.30. The average Bonchev–Trinajstić information content (AvgIpc) is 2.18. The van der Waals surface area contributed by atoms with Crippen LogP contribution in [0.2, 0.25) is 0 Å². The first-order valence-corrected chi connectivity index (χ1v) is 3.92. The molecular formula is C9H10N2O2. The molecule has 1 aliphatic heterocycles. The lowest BCUT2D eigenvalue weighted by molar-refractivity contribution is 0.106. The van der Waals surface area contributed by atoms with Gasteiger partial charge in [-0.05, 0) is 19.1 Å². The summed E-state index contributed by atoms with van der Waals surface area (Å²) in [6, 6.07) is -0.441. The first kappa shape index (κ1) is 9.33. The van der Waals surface area contributed by atoms with Gasteiger partial charge in [0.15, 0.2) is 0 Å². The van der Waals surface area contributed by atoms with Crippen LogP contribution in [-0.2, 0) is 4.74 Å². The first-order valence-electron chi connectivity index (χ1n) is 3.92. The number of ether oxygens (including phenoxy) is 1. The Hall–Kier alpha value is -1.76. The minimum Gasteiger partial charge on any atom is -0.448 e. The summed E-state index contributed by atoms with van der Waals surface area (Å²) in [5, 5.41) is 4.93. The predicted octanol–water partition coefficient (Wildman–Crippen LogP) is 1.00. The molecule has 0 unspecified atom stereocenters. The van der Waals surface area contributed by atoms with Crippen LogP contribution in [0.5, 0.6) is 0 Å². The maximum Gasteiger partial charge on any atom is 0.431 e. The maximum atomic E-state index is 11.2. The zero-order chi connectivity index (χ0) is 9.68. The summed E-state index contributed by atoms with van der Waals surface area (Å²) in [5.74, 6) is 2.42. The number of terminal acetylenes is 1. The lowest BCUT2D eigenvalue weighted by Crippen LogP contribution is -2.36. The molecule has 4 nitrogen and oxygen atoms in total. The number of rotatable bonds is 1. The Morgan fingerprint density at radius 3 is 3.23 bits per heavy atom. The van der Waals surface area contributed by atoms with E-state index in [2.05, 4.69) is 11.0 Å². The molecule has 13 heavy (non-hydrogen) atoms. The fourth-order valence-corrected chi connectivity index (χ4v) is 0.895. The van der Waals surface area contributed by atoms with Crippen molar-refractivity contribution in [1.82, 2.24) is 5.01 Å². The molecule has 0 spiro atoms. The summed E-state index contributed by atoms with van der Waals surface area (Å²) in [5.41, 5.74) is 0. The first-order chi connectivity index (χ1) is 6.29. The Morgan fingerprint density at radius 2 is 2.62 bits per heavy atom. The number of hydrogen-bond donors (Lipinski definition) is 0. The molecule has 0 aromatic carbocycles. The SMILES string of the molecule is C#C[C@H]1C=CC=NN1C(=O)OCC. The molecule has 0 fully saturated rings. The fraction of sp³-hybridized carbons (Fsp3) is 0.333. The minimum absolute atomic E-state index is 0.311. The number of hydrogen-bond acceptors (Lipinski definition) is 3. The van der Waals surface area contributed by atoms with Crippen LogP contribution >= 0.6 is 0 Å². The van der Waals surface area contributed by atoms with E-state index in [1.165, 1.54) is 6.21 Å². The van der Waals surface area contributed by atoms with Crippen molar-refractivity contribution >= 4 is 12.3 Å². The molecule has 0 aromatic heterocycles. The summed E-state index contributed by atoms with van der Waals surface area (Å²) in [6.07, 6.45) is 9.56. The van der Waals surface area contributed by atoms with Gasteiger partial charge in [-0.15, -0.1) is 6.42 Å². The summed E-state index contributed by atoms with van der Waals surface area (Å²) in [4.78, 5) is 11.2. The maximum absolute atomic E-state index is 11.2. The highest BCUT2D eigenvalue weighted by Crippen LogP contribution is 2.07. The average molecular weight is 178 g/mol. The van der Waals surface area contributed by atoms with E-state index in [0.29, 0.717) is 6.61 Å². The molecule has 4 heteroatoms. The van der Waals surface area contributed by atoms with Gasteiger partial charge in [-0.25, -0.2) is 4.79 Å². The number of hydrazone groups is 1. The Morgan fingerprint density at radius 1 is 1.85 bits per heavy atom. The Bertz CT molecular complexity index is 288. The van der Waals surface area contributed by atoms with E-state index >= 15 is 0 Å². The normalized spacial score (nSPS) is 19.7. The van der Waals surface area contributed by atoms with E-state index in [1.807, 2.05) is 0 Å². The summed E-state index contributed by atoms with van der Waals surface area (Å²) >= 11 is 0. The number of carbonyl (C=O) groups excluding carboxylic acids is 1. The predicted molar refractivity (Wildman–Crippen MR) is 49.1 cm³/mol. The third kappa shape index (κ3) is 2.09. The van der Waals surface area contributed by atoms with Crippen LogP contribution in [0.25, 0.3) is 0 Å². The lowest BCUT2D eigenvalue weighted by atomic mass is 10.2. The van der Waals surface area contributed by atoms with E-state index in [9.17, 15) is 4.79 Å². The van der Waals surface area contributed by atoms with Crippen LogP contribution in [0.4, 0.5) is 4.79 Å². The molecule has 0 aliphatic carbocycles. The van der Waals surface area contributed by atoms with Crippen LogP contribution in [-0.4, -0.2) is 30.0 Å². The second kappa shape index (κ2) is 4.31. The third-order valence-electron chi connectivity index (χ3n) is 1.46. The Labute approximate surface area is 76.9 Å². The van der Waals surface area contributed by atoms with Crippen molar-refractivity contribution in [1.29, 1.82) is 0 Å². The van der Waals surface area contributed by atoms with Crippen molar-refractivity contribution in [3.8, 4) is 12.3 Å². The van der Waals surface area contributed by atoms with Gasteiger partial charge in [-0.1, -0.05) is 5.92 Å². The number of allylic oxidation sites excluding steroid dienone is 1. The summed E-state index contributed by atoms with van der Waals surface area (Å²) in [6.45, 7) is 2.04. The van der Waals surface area contributed by atoms with Gasteiger partial charge in [0.25, 0.3) is 0 Å². The molecule has 68 valence electrons. The standard InChI is InChI=1S/C9H10N2O2/c1-3-8-6-5-7-10-11(8)9(12)13-4-2/h1,5-8H,4H2,2H3/t8-/m0/s1. The molecule has 0 aromatic rings. The molecule has 0 saturated carbocycles. The number of nitrogens with zero attached hydrogens (tertiary/aromatic N) is 2. The van der Waals surface area contributed by atoms with Crippen molar-refractivity contribution in [3.63, 3.8) is 0 Å². The molecule has 0 bridgehead atoms. The highest BCUT2D eigenvalue weighted by Gasteiger charge is 2.21. The van der Waals surface area contributed by atoms with E-state index in [-0.39, 0.29) is 0 Å². The van der Waals surface area contributed by atoms with E-state index in [4.69, 9.17) is 11.2 Å². The molecule has 1 amide bonds. The molecule has 1 atom stereocenters. The van der Waals surface area contributed by atoms with Gasteiger partial charge < -0.3 is 4.74 Å². The number of amides is 1. The summed E-state index contributed by atoms with van der Waals surface area (Å²) < 4.78 is 4.76. The van der Waals surface area contributed by atoms with Crippen LogP contribution in [0.3, 0.4) is 0 Å². The van der Waals surface area contributed by atoms with Crippen molar-refractivity contribution in [3.05, 3.63) is 12.2 Å². The molecule has 1 rings (SSSR count). The van der Waals surface area contributed by atoms with E-state index in [0.717, 1.165) is 5.01 Å². The molecule has 0 N–H and O–H groups in total. The monoisotopic (exact) mass is 178 g/mol. The lowest BCUT2D eigenvalue weighted by Gasteiger charge is -2.21. The van der Waals surface area contributed by atoms with Crippen LogP contribution < -0.4 is 0 Å². The van der Waals surface area contributed by atoms with Crippen molar-refractivity contribution in [2.45, 2.75) is 13.0 Å². The molecular weight excluding hydrogens is 168 g/mol. The van der Waals surface area contributed by atoms with Gasteiger partial charge in [-0.2, -0.15) is 10.1 Å². The molecule has 1 heterocycles. The van der Waals surface area contributed by atoms with Gasteiger partial charge in [0.1, 0.15) is 6.04 Å². The zero-order valence-corrected chi connectivity index (χ0v) is 7.30. The zero-order valence-electron chi connectivity index (χ0n) is 7.30. The summed E-state index contributed by atoms with van der Waals surface area (Å²) in [7, 11) is 0. The van der Waals surface area contributed by atoms with Crippen molar-refractivity contribution < 1.29 is 9.53 Å². The van der Waals surface area contributed by atoms with Crippen molar-refractivity contribution in [2.75, 3.05) is 6.61 Å². The quantitative estimate of drug-likeness (QED) is 0.562. The van der Waals surface area contributed by atoms with Gasteiger partial charge in [0.05, 0.1) is 6.61 Å². The number of carbonyl (C=O) groups is 1. The van der Waals surface area contributed by atoms with Gasteiger partial charge in [0, 0.05) is 6.21 Å². The van der Waals surface area contributed by atoms with Gasteiger partial charge >= 0.3 is 6.09 Å². The van der Waals surface area contributed by atoms with Gasteiger partial charge in [-0.3, -0.25) is 0 Å². The molecule has 0 saturated heterocycles. The third-order valence-corrected chi connectivity index (χ3v) is 1.46. The molecule has 1 aliphatic rings. The smallest absolute Gasteiger partial charge is 0.431 e. The fourth-order valence-electron chi connectivity index (χ4n) is 0.895. The van der Waals surface area contributed by atoms with Crippen molar-refractivity contribution in [2.24, 2.45) is 5.10 Å². The highest BCUT2D eigenvalue weighted by molar-refractivity contribution is 5.77. The van der Waals surface area contributed by atoms with E-state index in [1.54, 1.807) is 19.1 Å². The minimum atomic E-state index is -0.522. The molecule has 0 radical (unpaired) electrons. The second-order valence-corrected chi connectivity index (χ2v) is 2.30. The van der Waals surface area contributed by atoms with Crippen LogP contribution in [0.1, 0.15) is 6.92 Å². The van der Waals surface area contributed by atoms with Crippen LogP contribution in [0.15, 0.2) is 17.3 Å². The highest BCUT2D eigenvalue weighted by atomic mass is 16.6. The van der Waals surface area contributed by atoms with Crippen LogP contribution in [0, 0.1) is 12.3 Å². The Kier molecular flexibility index (Phi) is 3.09. The Balaban J connectivity index is 2.68. The van der Waals surface area contributed by atoms with Gasteiger partial charge in [0.2, 0.25) is 0 Å². The largest absolute Gasteiger partial charge is 0.448 e. The van der Waals surface area contributed by atoms with E-state index < -0.39 is 12.1 Å². The topological polar surface area (TPSA) is 41.9 Å².